The van der Waals surface area contributed by atoms with E-state index in [2.05, 4.69) is 0 Å². The molecular formula is C28H35NO4P2. The highest BCUT2D eigenvalue weighted by Crippen LogP contribution is 2.55. The average Bonchev–Trinajstić information content (AvgIpc) is 2.86. The minimum absolute atomic E-state index is 0.157. The molecule has 186 valence electrons. The van der Waals surface area contributed by atoms with Gasteiger partial charge in [-0.05, 0) is 46.2 Å². The van der Waals surface area contributed by atoms with Gasteiger partial charge in [0.25, 0.3) is 0 Å². The molecule has 0 spiro atoms. The molecule has 3 aromatic carbocycles. The highest BCUT2D eigenvalue weighted by molar-refractivity contribution is 7.80. The Morgan fingerprint density at radius 3 is 1.74 bits per heavy atom. The molecule has 0 radical (unpaired) electrons. The fourth-order valence-electron chi connectivity index (χ4n) is 4.20. The third-order valence-corrected chi connectivity index (χ3v) is 11.6. The number of hydrogen-bond donors (Lipinski definition) is 0. The molecule has 7 heteroatoms. The quantitative estimate of drug-likeness (QED) is 0.192. The lowest BCUT2D eigenvalue weighted by atomic mass is 10.2. The van der Waals surface area contributed by atoms with E-state index in [1.807, 2.05) is 98.8 Å². The smallest absolute Gasteiger partial charge is 0.313 e. The topological polar surface area (TPSA) is 65.0 Å². The van der Waals surface area contributed by atoms with Crippen molar-refractivity contribution in [2.45, 2.75) is 39.8 Å². The lowest BCUT2D eigenvalue weighted by molar-refractivity contribution is 0.220. The van der Waals surface area contributed by atoms with Crippen LogP contribution < -0.4 is 10.6 Å². The number of rotatable bonds is 12. The zero-order chi connectivity index (χ0) is 25.3. The van der Waals surface area contributed by atoms with Crippen molar-refractivity contribution in [3.63, 3.8) is 0 Å². The SMILES string of the molecule is CCOP(=O)(CCC(C(C)=Nc1ccc(C)cc1)P(=O)(c1ccccc1)c1ccccc1)OCC. The highest BCUT2D eigenvalue weighted by Gasteiger charge is 2.40. The molecule has 0 N–H and O–H groups in total. The standard InChI is InChI=1S/C28H35NO4P2/c1-5-32-34(30,33-6-2)22-21-28(24(4)29-25-19-17-23(3)18-20-25)35(31,26-13-9-7-10-14-26)27-15-11-8-12-16-27/h7-20,28H,5-6,21-22H2,1-4H3. The summed E-state index contributed by atoms with van der Waals surface area (Å²) < 4.78 is 39.7. The summed E-state index contributed by atoms with van der Waals surface area (Å²) >= 11 is 0. The number of hydrogen-bond acceptors (Lipinski definition) is 5. The zero-order valence-corrected chi connectivity index (χ0v) is 22.8. The van der Waals surface area contributed by atoms with Gasteiger partial charge in [-0.3, -0.25) is 9.56 Å². The Morgan fingerprint density at radius 2 is 1.29 bits per heavy atom. The molecule has 1 unspecified atom stereocenters. The van der Waals surface area contributed by atoms with E-state index in [1.54, 1.807) is 13.8 Å². The van der Waals surface area contributed by atoms with Gasteiger partial charge in [0.1, 0.15) is 0 Å². The van der Waals surface area contributed by atoms with Gasteiger partial charge in [-0.15, -0.1) is 0 Å². The van der Waals surface area contributed by atoms with Gasteiger partial charge < -0.3 is 13.6 Å². The number of aliphatic imine (C=N–C) groups is 1. The zero-order valence-electron chi connectivity index (χ0n) is 21.0. The van der Waals surface area contributed by atoms with Crippen molar-refractivity contribution >= 4 is 36.7 Å². The van der Waals surface area contributed by atoms with E-state index in [0.29, 0.717) is 6.42 Å². The van der Waals surface area contributed by atoms with Crippen molar-refractivity contribution in [3.05, 3.63) is 90.5 Å². The summed E-state index contributed by atoms with van der Waals surface area (Å²) in [4.78, 5) is 4.88. The fourth-order valence-corrected chi connectivity index (χ4v) is 9.42. The van der Waals surface area contributed by atoms with Crippen LogP contribution in [0.3, 0.4) is 0 Å². The van der Waals surface area contributed by atoms with Crippen LogP contribution in [0.25, 0.3) is 0 Å². The van der Waals surface area contributed by atoms with Crippen LogP contribution in [0.15, 0.2) is 89.9 Å². The second-order valence-corrected chi connectivity index (χ2v) is 13.5. The summed E-state index contributed by atoms with van der Waals surface area (Å²) in [5.41, 5.74) is 2.18. The van der Waals surface area contributed by atoms with Gasteiger partial charge in [0, 0.05) is 16.3 Å². The highest BCUT2D eigenvalue weighted by atomic mass is 31.2. The molecule has 5 nitrogen and oxygen atoms in total. The molecule has 3 rings (SSSR count). The van der Waals surface area contributed by atoms with E-state index in [9.17, 15) is 4.57 Å². The van der Waals surface area contributed by atoms with Gasteiger partial charge in [0.2, 0.25) is 0 Å². The summed E-state index contributed by atoms with van der Waals surface area (Å²) in [6.45, 7) is 8.11. The fraction of sp³-hybridized carbons (Fsp3) is 0.321. The molecule has 0 saturated carbocycles. The summed E-state index contributed by atoms with van der Waals surface area (Å²) in [5, 5.41) is 1.50. The number of benzene rings is 3. The Hall–Kier alpha value is -2.29. The Bertz CT molecular complexity index is 1140. The van der Waals surface area contributed by atoms with Gasteiger partial charge >= 0.3 is 7.60 Å². The molecule has 0 aliphatic rings. The van der Waals surface area contributed by atoms with Crippen LogP contribution in [0, 0.1) is 6.92 Å². The first-order chi connectivity index (χ1) is 16.8. The Morgan fingerprint density at radius 1 is 0.800 bits per heavy atom. The van der Waals surface area contributed by atoms with Gasteiger partial charge in [-0.25, -0.2) is 0 Å². The minimum Gasteiger partial charge on any atom is -0.313 e. The van der Waals surface area contributed by atoms with E-state index in [4.69, 9.17) is 14.0 Å². The van der Waals surface area contributed by atoms with Gasteiger partial charge in [0.15, 0.2) is 7.14 Å². The molecule has 0 aliphatic heterocycles. The minimum atomic E-state index is -3.33. The van der Waals surface area contributed by atoms with Gasteiger partial charge in [-0.1, -0.05) is 78.4 Å². The molecule has 0 saturated heterocycles. The summed E-state index contributed by atoms with van der Waals surface area (Å²) in [6.07, 6.45) is 0.503. The summed E-state index contributed by atoms with van der Waals surface area (Å²) in [7, 11) is -6.55. The molecule has 0 aliphatic carbocycles. The molecule has 0 fully saturated rings. The monoisotopic (exact) mass is 511 g/mol. The molecule has 0 aromatic heterocycles. The van der Waals surface area contributed by atoms with Crippen LogP contribution in [0.4, 0.5) is 5.69 Å². The molecule has 3 aromatic rings. The lowest BCUT2D eigenvalue weighted by Crippen LogP contribution is -2.31. The van der Waals surface area contributed by atoms with Crippen molar-refractivity contribution < 1.29 is 18.2 Å². The van der Waals surface area contributed by atoms with Crippen LogP contribution in [0.5, 0.6) is 0 Å². The Labute approximate surface area is 209 Å². The molecular weight excluding hydrogens is 476 g/mol. The molecule has 35 heavy (non-hydrogen) atoms. The second-order valence-electron chi connectivity index (χ2n) is 8.39. The van der Waals surface area contributed by atoms with Crippen molar-refractivity contribution in [3.8, 4) is 0 Å². The summed E-state index contributed by atoms with van der Waals surface area (Å²) in [5.74, 6) is 0. The van der Waals surface area contributed by atoms with Crippen molar-refractivity contribution in [2.24, 2.45) is 4.99 Å². The van der Waals surface area contributed by atoms with Gasteiger partial charge in [-0.2, -0.15) is 0 Å². The maximum absolute atomic E-state index is 15.2. The third kappa shape index (κ3) is 6.90. The van der Waals surface area contributed by atoms with Crippen molar-refractivity contribution in [1.29, 1.82) is 0 Å². The maximum Gasteiger partial charge on any atom is 0.330 e. The van der Waals surface area contributed by atoms with Gasteiger partial charge in [0.05, 0.1) is 30.7 Å². The van der Waals surface area contributed by atoms with Crippen LogP contribution in [0.2, 0.25) is 0 Å². The second kappa shape index (κ2) is 12.6. The van der Waals surface area contributed by atoms with Crippen LogP contribution >= 0.6 is 14.7 Å². The van der Waals surface area contributed by atoms with Crippen LogP contribution in [-0.2, 0) is 18.2 Å². The van der Waals surface area contributed by atoms with E-state index < -0.39 is 20.4 Å². The first-order valence-corrected chi connectivity index (χ1v) is 15.5. The average molecular weight is 512 g/mol. The summed E-state index contributed by atoms with van der Waals surface area (Å²) in [6, 6.07) is 27.0. The molecule has 0 heterocycles. The molecule has 1 atom stereocenters. The van der Waals surface area contributed by atoms with E-state index in [1.165, 1.54) is 0 Å². The lowest BCUT2D eigenvalue weighted by Gasteiger charge is -2.30. The van der Waals surface area contributed by atoms with Crippen LogP contribution in [0.1, 0.15) is 32.8 Å². The van der Waals surface area contributed by atoms with E-state index in [0.717, 1.165) is 27.6 Å². The largest absolute Gasteiger partial charge is 0.330 e. The van der Waals surface area contributed by atoms with E-state index in [-0.39, 0.29) is 19.4 Å². The molecule has 0 amide bonds. The van der Waals surface area contributed by atoms with Crippen LogP contribution in [-0.4, -0.2) is 30.7 Å². The van der Waals surface area contributed by atoms with E-state index >= 15 is 4.57 Å². The first kappa shape index (κ1) is 27.3. The number of nitrogens with zero attached hydrogens (tertiary/aromatic N) is 1. The number of aryl methyl sites for hydroxylation is 1. The maximum atomic E-state index is 15.2. The van der Waals surface area contributed by atoms with Crippen molar-refractivity contribution in [1.82, 2.24) is 0 Å². The normalized spacial score (nSPS) is 13.5. The predicted octanol–water partition coefficient (Wildman–Crippen LogP) is 7.13. The Balaban J connectivity index is 2.14. The predicted molar refractivity (Wildman–Crippen MR) is 148 cm³/mol. The first-order valence-electron chi connectivity index (χ1n) is 12.0. The third-order valence-electron chi connectivity index (χ3n) is 5.87. The Kier molecular flexibility index (Phi) is 9.83. The molecule has 0 bridgehead atoms. The van der Waals surface area contributed by atoms with Crippen molar-refractivity contribution in [2.75, 3.05) is 19.4 Å².